The molecule has 1 aliphatic heterocycles. The highest BCUT2D eigenvalue weighted by Gasteiger charge is 2.19. The number of amides is 1. The summed E-state index contributed by atoms with van der Waals surface area (Å²) in [6, 6.07) is 7.18. The summed E-state index contributed by atoms with van der Waals surface area (Å²) >= 11 is 1.49. The lowest BCUT2D eigenvalue weighted by Gasteiger charge is -2.16. The fraction of sp³-hybridized carbons (Fsp3) is 0.143. The molecule has 0 unspecified atom stereocenters. The second kappa shape index (κ2) is 4.38. The zero-order chi connectivity index (χ0) is 12.5. The van der Waals surface area contributed by atoms with Gasteiger partial charge in [-0.2, -0.15) is 11.3 Å². The van der Waals surface area contributed by atoms with Crippen LogP contribution >= 0.6 is 11.3 Å². The number of rotatable bonds is 2. The standard InChI is InChI=1S/C14H11NO2S/c16-13(11-4-6-18-8-11)10-2-1-9-3-5-15-14(17)12(9)7-10/h1-2,4,6-8H,3,5H2,(H,15,17). The largest absolute Gasteiger partial charge is 0.352 e. The van der Waals surface area contributed by atoms with E-state index in [-0.39, 0.29) is 11.7 Å². The SMILES string of the molecule is O=C(c1ccsc1)c1ccc2c(c1)C(=O)NCC2. The molecule has 0 saturated carbocycles. The van der Waals surface area contributed by atoms with E-state index in [0.29, 0.717) is 23.2 Å². The number of carbonyl (C=O) groups is 2. The number of carbonyl (C=O) groups excluding carboxylic acids is 2. The molecule has 0 spiro atoms. The molecule has 90 valence electrons. The van der Waals surface area contributed by atoms with Gasteiger partial charge in [0.1, 0.15) is 0 Å². The van der Waals surface area contributed by atoms with Gasteiger partial charge in [-0.3, -0.25) is 9.59 Å². The number of fused-ring (bicyclic) bond motifs is 1. The van der Waals surface area contributed by atoms with Crippen LogP contribution in [0, 0.1) is 0 Å². The van der Waals surface area contributed by atoms with Crippen molar-refractivity contribution in [3.8, 4) is 0 Å². The zero-order valence-electron chi connectivity index (χ0n) is 9.60. The summed E-state index contributed by atoms with van der Waals surface area (Å²) in [5, 5.41) is 6.49. The van der Waals surface area contributed by atoms with Crippen molar-refractivity contribution >= 4 is 23.0 Å². The molecule has 3 rings (SSSR count). The fourth-order valence-corrected chi connectivity index (χ4v) is 2.75. The van der Waals surface area contributed by atoms with E-state index in [1.54, 1.807) is 18.2 Å². The molecule has 3 nitrogen and oxygen atoms in total. The molecular weight excluding hydrogens is 246 g/mol. The molecule has 1 N–H and O–H groups in total. The highest BCUT2D eigenvalue weighted by molar-refractivity contribution is 7.08. The summed E-state index contributed by atoms with van der Waals surface area (Å²) in [6.07, 6.45) is 0.827. The average molecular weight is 257 g/mol. The average Bonchev–Trinajstić information content (AvgIpc) is 2.92. The number of hydrogen-bond donors (Lipinski definition) is 1. The minimum Gasteiger partial charge on any atom is -0.352 e. The molecule has 0 aliphatic carbocycles. The van der Waals surface area contributed by atoms with E-state index in [0.717, 1.165) is 12.0 Å². The van der Waals surface area contributed by atoms with Crippen molar-refractivity contribution in [3.05, 3.63) is 57.3 Å². The minimum atomic E-state index is -0.0868. The Balaban J connectivity index is 2.02. The first-order valence-corrected chi connectivity index (χ1v) is 6.68. The quantitative estimate of drug-likeness (QED) is 0.839. The highest BCUT2D eigenvalue weighted by Crippen LogP contribution is 2.19. The summed E-state index contributed by atoms with van der Waals surface area (Å²) in [5.74, 6) is -0.117. The summed E-state index contributed by atoms with van der Waals surface area (Å²) in [6.45, 7) is 0.670. The maximum Gasteiger partial charge on any atom is 0.251 e. The van der Waals surface area contributed by atoms with Gasteiger partial charge in [0.05, 0.1) is 0 Å². The van der Waals surface area contributed by atoms with Gasteiger partial charge in [0.15, 0.2) is 5.78 Å². The summed E-state index contributed by atoms with van der Waals surface area (Å²) in [4.78, 5) is 23.9. The highest BCUT2D eigenvalue weighted by atomic mass is 32.1. The monoisotopic (exact) mass is 257 g/mol. The van der Waals surface area contributed by atoms with Crippen LogP contribution in [0.4, 0.5) is 0 Å². The number of nitrogens with one attached hydrogen (secondary N) is 1. The van der Waals surface area contributed by atoms with Crippen LogP contribution < -0.4 is 5.32 Å². The lowest BCUT2D eigenvalue weighted by Crippen LogP contribution is -2.32. The molecule has 2 aromatic rings. The Kier molecular flexibility index (Phi) is 2.72. The molecule has 4 heteroatoms. The summed E-state index contributed by atoms with van der Waals surface area (Å²) in [5.41, 5.74) is 2.89. The van der Waals surface area contributed by atoms with Crippen molar-refractivity contribution in [1.29, 1.82) is 0 Å². The van der Waals surface area contributed by atoms with E-state index in [1.807, 2.05) is 16.8 Å². The smallest absolute Gasteiger partial charge is 0.251 e. The van der Waals surface area contributed by atoms with Crippen molar-refractivity contribution in [3.63, 3.8) is 0 Å². The van der Waals surface area contributed by atoms with Gasteiger partial charge in [0, 0.05) is 28.6 Å². The Hall–Kier alpha value is -1.94. The van der Waals surface area contributed by atoms with Crippen LogP contribution in [0.5, 0.6) is 0 Å². The van der Waals surface area contributed by atoms with Gasteiger partial charge in [0.2, 0.25) is 0 Å². The van der Waals surface area contributed by atoms with Gasteiger partial charge < -0.3 is 5.32 Å². The molecule has 18 heavy (non-hydrogen) atoms. The Morgan fingerprint density at radius 2 is 2.11 bits per heavy atom. The third-order valence-electron chi connectivity index (χ3n) is 3.08. The van der Waals surface area contributed by atoms with E-state index < -0.39 is 0 Å². The molecule has 1 aliphatic rings. The first kappa shape index (κ1) is 11.2. The second-order valence-corrected chi connectivity index (χ2v) is 5.00. The predicted molar refractivity (Wildman–Crippen MR) is 70.2 cm³/mol. The van der Waals surface area contributed by atoms with E-state index in [9.17, 15) is 9.59 Å². The van der Waals surface area contributed by atoms with Crippen LogP contribution in [0.2, 0.25) is 0 Å². The van der Waals surface area contributed by atoms with Crippen LogP contribution in [0.1, 0.15) is 31.8 Å². The van der Waals surface area contributed by atoms with Gasteiger partial charge in [-0.1, -0.05) is 12.1 Å². The topological polar surface area (TPSA) is 46.2 Å². The van der Waals surface area contributed by atoms with Crippen LogP contribution in [0.25, 0.3) is 0 Å². The number of thiophene rings is 1. The van der Waals surface area contributed by atoms with Gasteiger partial charge in [-0.25, -0.2) is 0 Å². The molecule has 1 amide bonds. The fourth-order valence-electron chi connectivity index (χ4n) is 2.11. The van der Waals surface area contributed by atoms with E-state index in [2.05, 4.69) is 5.32 Å². The van der Waals surface area contributed by atoms with Crippen LogP contribution in [0.3, 0.4) is 0 Å². The van der Waals surface area contributed by atoms with Crippen molar-refractivity contribution in [2.75, 3.05) is 6.54 Å². The molecular formula is C14H11NO2S. The number of ketones is 1. The molecule has 0 fully saturated rings. The molecule has 0 radical (unpaired) electrons. The van der Waals surface area contributed by atoms with Crippen molar-refractivity contribution in [1.82, 2.24) is 5.32 Å². The molecule has 0 bridgehead atoms. The van der Waals surface area contributed by atoms with E-state index in [4.69, 9.17) is 0 Å². The van der Waals surface area contributed by atoms with Gasteiger partial charge >= 0.3 is 0 Å². The Bertz CT molecular complexity index is 617. The first-order chi connectivity index (χ1) is 8.75. The third kappa shape index (κ3) is 1.84. The Morgan fingerprint density at radius 3 is 2.89 bits per heavy atom. The predicted octanol–water partition coefficient (Wildman–Crippen LogP) is 2.27. The van der Waals surface area contributed by atoms with Crippen molar-refractivity contribution in [2.24, 2.45) is 0 Å². The number of hydrogen-bond acceptors (Lipinski definition) is 3. The van der Waals surface area contributed by atoms with Gasteiger partial charge in [-0.15, -0.1) is 0 Å². The molecule has 2 heterocycles. The maximum atomic E-state index is 12.2. The zero-order valence-corrected chi connectivity index (χ0v) is 10.4. The minimum absolute atomic E-state index is 0.0302. The van der Waals surface area contributed by atoms with Crippen LogP contribution in [-0.4, -0.2) is 18.2 Å². The van der Waals surface area contributed by atoms with E-state index >= 15 is 0 Å². The normalized spacial score (nSPS) is 13.9. The van der Waals surface area contributed by atoms with Crippen molar-refractivity contribution in [2.45, 2.75) is 6.42 Å². The first-order valence-electron chi connectivity index (χ1n) is 5.74. The van der Waals surface area contributed by atoms with Gasteiger partial charge in [0.25, 0.3) is 5.91 Å². The molecule has 1 aromatic carbocycles. The molecule has 0 atom stereocenters. The third-order valence-corrected chi connectivity index (χ3v) is 3.76. The summed E-state index contributed by atoms with van der Waals surface area (Å²) < 4.78 is 0. The lowest BCUT2D eigenvalue weighted by atomic mass is 9.95. The van der Waals surface area contributed by atoms with Gasteiger partial charge in [-0.05, 0) is 29.5 Å². The summed E-state index contributed by atoms with van der Waals surface area (Å²) in [7, 11) is 0. The lowest BCUT2D eigenvalue weighted by molar-refractivity contribution is 0.0946. The molecule has 0 saturated heterocycles. The maximum absolute atomic E-state index is 12.2. The van der Waals surface area contributed by atoms with E-state index in [1.165, 1.54) is 11.3 Å². The Labute approximate surface area is 108 Å². The Morgan fingerprint density at radius 1 is 1.22 bits per heavy atom. The van der Waals surface area contributed by atoms with Crippen LogP contribution in [-0.2, 0) is 6.42 Å². The molecule has 1 aromatic heterocycles. The second-order valence-electron chi connectivity index (χ2n) is 4.22. The van der Waals surface area contributed by atoms with Crippen molar-refractivity contribution < 1.29 is 9.59 Å². The number of benzene rings is 1. The van der Waals surface area contributed by atoms with Crippen LogP contribution in [0.15, 0.2) is 35.0 Å².